The Bertz CT molecular complexity index is 396. The summed E-state index contributed by atoms with van der Waals surface area (Å²) in [7, 11) is 0. The second-order valence-corrected chi connectivity index (χ2v) is 4.20. The van der Waals surface area contributed by atoms with Crippen molar-refractivity contribution in [2.75, 3.05) is 0 Å². The Morgan fingerprint density at radius 3 is 2.59 bits per heavy atom. The number of carboxylic acids is 1. The minimum atomic E-state index is -0.957. The van der Waals surface area contributed by atoms with Crippen LogP contribution in [0, 0.1) is 0 Å². The van der Waals surface area contributed by atoms with Gasteiger partial charge in [0.05, 0.1) is 18.7 Å². The topological polar surface area (TPSA) is 84.2 Å². The standard InChI is InChI=1S/C11H17N3O3/c1-7(2)14-6-9(5-12-14)10(4-11(16)17)13-8(3)15/h5-7,10H,4H2,1-3H3,(H,13,15)(H,16,17). The maximum absolute atomic E-state index is 11.0. The van der Waals surface area contributed by atoms with E-state index in [-0.39, 0.29) is 18.4 Å². The Morgan fingerprint density at radius 2 is 2.18 bits per heavy atom. The molecule has 0 bridgehead atoms. The Morgan fingerprint density at radius 1 is 1.53 bits per heavy atom. The summed E-state index contributed by atoms with van der Waals surface area (Å²) in [5, 5.41) is 15.5. The number of nitrogens with one attached hydrogen (secondary N) is 1. The van der Waals surface area contributed by atoms with Crippen LogP contribution in [0.5, 0.6) is 0 Å². The molecule has 1 unspecified atom stereocenters. The molecule has 94 valence electrons. The van der Waals surface area contributed by atoms with Crippen LogP contribution in [-0.2, 0) is 9.59 Å². The van der Waals surface area contributed by atoms with E-state index in [1.807, 2.05) is 13.8 Å². The van der Waals surface area contributed by atoms with Crippen molar-refractivity contribution < 1.29 is 14.7 Å². The summed E-state index contributed by atoms with van der Waals surface area (Å²) < 4.78 is 1.73. The van der Waals surface area contributed by atoms with Gasteiger partial charge in [0.15, 0.2) is 0 Å². The van der Waals surface area contributed by atoms with Crippen molar-refractivity contribution in [3.63, 3.8) is 0 Å². The van der Waals surface area contributed by atoms with Gasteiger partial charge in [-0.05, 0) is 13.8 Å². The highest BCUT2D eigenvalue weighted by molar-refractivity contribution is 5.75. The van der Waals surface area contributed by atoms with Gasteiger partial charge >= 0.3 is 5.97 Å². The summed E-state index contributed by atoms with van der Waals surface area (Å²) in [4.78, 5) is 21.7. The molecule has 0 aromatic carbocycles. The zero-order chi connectivity index (χ0) is 13.0. The molecule has 0 fully saturated rings. The van der Waals surface area contributed by atoms with Gasteiger partial charge in [-0.1, -0.05) is 0 Å². The Labute approximate surface area is 99.6 Å². The molecule has 0 aliphatic heterocycles. The van der Waals surface area contributed by atoms with E-state index in [0.717, 1.165) is 0 Å². The molecule has 2 N–H and O–H groups in total. The van der Waals surface area contributed by atoms with Crippen LogP contribution < -0.4 is 5.32 Å². The van der Waals surface area contributed by atoms with E-state index in [0.29, 0.717) is 5.56 Å². The van der Waals surface area contributed by atoms with Crippen LogP contribution in [0.15, 0.2) is 12.4 Å². The number of carbonyl (C=O) groups excluding carboxylic acids is 1. The molecule has 6 nitrogen and oxygen atoms in total. The van der Waals surface area contributed by atoms with Gasteiger partial charge in [-0.3, -0.25) is 14.3 Å². The zero-order valence-corrected chi connectivity index (χ0v) is 10.2. The van der Waals surface area contributed by atoms with E-state index in [4.69, 9.17) is 5.11 Å². The number of hydrogen-bond donors (Lipinski definition) is 2. The fourth-order valence-corrected chi connectivity index (χ4v) is 1.49. The summed E-state index contributed by atoms with van der Waals surface area (Å²) in [5.74, 6) is -1.21. The van der Waals surface area contributed by atoms with E-state index < -0.39 is 12.0 Å². The molecule has 1 aromatic heterocycles. The Kier molecular flexibility index (Phi) is 4.25. The number of hydrogen-bond acceptors (Lipinski definition) is 3. The van der Waals surface area contributed by atoms with Gasteiger partial charge in [-0.2, -0.15) is 5.10 Å². The number of carbonyl (C=O) groups is 2. The molecule has 1 aromatic rings. The number of aromatic nitrogens is 2. The van der Waals surface area contributed by atoms with E-state index in [1.54, 1.807) is 17.1 Å². The van der Waals surface area contributed by atoms with Gasteiger partial charge in [-0.15, -0.1) is 0 Å². The van der Waals surface area contributed by atoms with Gasteiger partial charge in [0, 0.05) is 24.7 Å². The Hall–Kier alpha value is -1.85. The average molecular weight is 239 g/mol. The molecule has 0 saturated heterocycles. The predicted octanol–water partition coefficient (Wildman–Crippen LogP) is 1.12. The third kappa shape index (κ3) is 3.90. The number of carboxylic acid groups (broad SMARTS) is 1. The predicted molar refractivity (Wildman–Crippen MR) is 61.4 cm³/mol. The van der Waals surface area contributed by atoms with Crippen molar-refractivity contribution in [3.8, 4) is 0 Å². The number of aliphatic carboxylic acids is 1. The normalized spacial score (nSPS) is 12.5. The fourth-order valence-electron chi connectivity index (χ4n) is 1.49. The molecule has 0 saturated carbocycles. The van der Waals surface area contributed by atoms with Crippen LogP contribution in [0.2, 0.25) is 0 Å². The van der Waals surface area contributed by atoms with Crippen molar-refractivity contribution in [3.05, 3.63) is 18.0 Å². The maximum atomic E-state index is 11.0. The van der Waals surface area contributed by atoms with Crippen molar-refractivity contribution in [2.45, 2.75) is 39.3 Å². The first-order valence-electron chi connectivity index (χ1n) is 5.43. The lowest BCUT2D eigenvalue weighted by Gasteiger charge is -2.13. The van der Waals surface area contributed by atoms with Gasteiger partial charge in [-0.25, -0.2) is 0 Å². The number of rotatable bonds is 5. The molecule has 1 amide bonds. The summed E-state index contributed by atoms with van der Waals surface area (Å²) in [6.45, 7) is 5.31. The SMILES string of the molecule is CC(=O)NC(CC(=O)O)c1cnn(C(C)C)c1. The second kappa shape index (κ2) is 5.47. The highest BCUT2D eigenvalue weighted by atomic mass is 16.4. The molecule has 1 heterocycles. The lowest BCUT2D eigenvalue weighted by Crippen LogP contribution is -2.27. The highest BCUT2D eigenvalue weighted by Crippen LogP contribution is 2.17. The van der Waals surface area contributed by atoms with E-state index in [1.165, 1.54) is 6.92 Å². The van der Waals surface area contributed by atoms with Crippen LogP contribution in [0.25, 0.3) is 0 Å². The first-order chi connectivity index (χ1) is 7.90. The minimum Gasteiger partial charge on any atom is -0.481 e. The molecule has 0 aliphatic rings. The van der Waals surface area contributed by atoms with Crippen molar-refractivity contribution in [1.82, 2.24) is 15.1 Å². The van der Waals surface area contributed by atoms with Gasteiger partial charge in [0.2, 0.25) is 5.91 Å². The van der Waals surface area contributed by atoms with E-state index >= 15 is 0 Å². The lowest BCUT2D eigenvalue weighted by atomic mass is 10.1. The maximum Gasteiger partial charge on any atom is 0.305 e. The molecule has 0 aliphatic carbocycles. The quantitative estimate of drug-likeness (QED) is 0.806. The second-order valence-electron chi connectivity index (χ2n) is 4.20. The summed E-state index contributed by atoms with van der Waals surface area (Å²) >= 11 is 0. The van der Waals surface area contributed by atoms with Gasteiger partial charge in [0.25, 0.3) is 0 Å². The molecular weight excluding hydrogens is 222 g/mol. The summed E-state index contributed by atoms with van der Waals surface area (Å²) in [5.41, 5.74) is 0.705. The molecule has 1 rings (SSSR count). The van der Waals surface area contributed by atoms with Crippen molar-refractivity contribution in [1.29, 1.82) is 0 Å². The van der Waals surface area contributed by atoms with Crippen LogP contribution in [0.3, 0.4) is 0 Å². The zero-order valence-electron chi connectivity index (χ0n) is 10.2. The molecule has 6 heteroatoms. The van der Waals surface area contributed by atoms with E-state index in [2.05, 4.69) is 10.4 Å². The average Bonchev–Trinajstić information content (AvgIpc) is 2.63. The minimum absolute atomic E-state index is 0.149. The monoisotopic (exact) mass is 239 g/mol. The highest BCUT2D eigenvalue weighted by Gasteiger charge is 2.18. The molecule has 17 heavy (non-hydrogen) atoms. The summed E-state index contributed by atoms with van der Waals surface area (Å²) in [6, 6.07) is -0.330. The van der Waals surface area contributed by atoms with Gasteiger partial charge < -0.3 is 10.4 Å². The van der Waals surface area contributed by atoms with E-state index in [9.17, 15) is 9.59 Å². The third-order valence-electron chi connectivity index (χ3n) is 2.31. The number of amides is 1. The van der Waals surface area contributed by atoms with Crippen LogP contribution >= 0.6 is 0 Å². The third-order valence-corrected chi connectivity index (χ3v) is 2.31. The Balaban J connectivity index is 2.87. The first kappa shape index (κ1) is 13.2. The van der Waals surface area contributed by atoms with Crippen molar-refractivity contribution >= 4 is 11.9 Å². The molecule has 0 radical (unpaired) electrons. The number of nitrogens with zero attached hydrogens (tertiary/aromatic N) is 2. The summed E-state index contributed by atoms with van der Waals surface area (Å²) in [6.07, 6.45) is 3.20. The lowest BCUT2D eigenvalue weighted by molar-refractivity contribution is -0.137. The largest absolute Gasteiger partial charge is 0.481 e. The molecule has 0 spiro atoms. The van der Waals surface area contributed by atoms with Crippen LogP contribution in [-0.4, -0.2) is 26.8 Å². The van der Waals surface area contributed by atoms with Gasteiger partial charge in [0.1, 0.15) is 0 Å². The smallest absolute Gasteiger partial charge is 0.305 e. The molecule has 1 atom stereocenters. The van der Waals surface area contributed by atoms with Crippen LogP contribution in [0.4, 0.5) is 0 Å². The first-order valence-corrected chi connectivity index (χ1v) is 5.43. The molecular formula is C11H17N3O3. The van der Waals surface area contributed by atoms with Crippen molar-refractivity contribution in [2.24, 2.45) is 0 Å². The fraction of sp³-hybridized carbons (Fsp3) is 0.545. The van der Waals surface area contributed by atoms with Crippen LogP contribution in [0.1, 0.15) is 44.8 Å².